The molecule has 1 aromatic heterocycles. The van der Waals surface area contributed by atoms with Gasteiger partial charge in [0.15, 0.2) is 5.96 Å². The van der Waals surface area contributed by atoms with Crippen LogP contribution in [0.15, 0.2) is 29.3 Å². The van der Waals surface area contributed by atoms with Crippen LogP contribution < -0.4 is 16.4 Å². The minimum absolute atomic E-state index is 0. The highest BCUT2D eigenvalue weighted by Gasteiger charge is 2.16. The molecule has 0 saturated carbocycles. The predicted octanol–water partition coefficient (Wildman–Crippen LogP) is 2.22. The number of hydrogen-bond acceptors (Lipinski definition) is 5. The zero-order valence-corrected chi connectivity index (χ0v) is 18.9. The lowest BCUT2D eigenvalue weighted by Gasteiger charge is -2.11. The van der Waals surface area contributed by atoms with Gasteiger partial charge in [-0.3, -0.25) is 4.99 Å². The number of nitrogens with one attached hydrogen (secondary N) is 2. The number of benzene rings is 1. The Balaban J connectivity index is 0.00000420. The second-order valence-corrected chi connectivity index (χ2v) is 5.93. The number of guanidine groups is 1. The molecule has 0 aliphatic carbocycles. The highest BCUT2D eigenvalue weighted by Crippen LogP contribution is 2.21. The van der Waals surface area contributed by atoms with E-state index in [-0.39, 0.29) is 35.6 Å². The van der Waals surface area contributed by atoms with Crippen LogP contribution in [0, 0.1) is 17.1 Å². The van der Waals surface area contributed by atoms with Gasteiger partial charge in [-0.2, -0.15) is 10.4 Å². The molecule has 8 nitrogen and oxygen atoms in total. The summed E-state index contributed by atoms with van der Waals surface area (Å²) >= 11 is 0. The summed E-state index contributed by atoms with van der Waals surface area (Å²) in [6.07, 6.45) is 1.31. The Morgan fingerprint density at radius 2 is 2.00 bits per heavy atom. The van der Waals surface area contributed by atoms with Gasteiger partial charge in [-0.25, -0.2) is 9.07 Å². The van der Waals surface area contributed by atoms with Crippen LogP contribution in [0.3, 0.4) is 0 Å². The first-order chi connectivity index (χ1) is 13.6. The molecular weight excluding hydrogens is 488 g/mol. The SMILES string of the molecule is CCOCCNC(=NC)NCCCc1nn(-c2ccc(F)cc2)c(N)c1C#N.I. The molecular formula is C19H27FIN7O. The fraction of sp³-hybridized carbons (Fsp3) is 0.421. The summed E-state index contributed by atoms with van der Waals surface area (Å²) in [5.74, 6) is 0.603. The maximum absolute atomic E-state index is 13.1. The normalized spacial score (nSPS) is 10.9. The number of ether oxygens (including phenoxy) is 1. The number of rotatable bonds is 9. The molecule has 0 unspecified atom stereocenters. The van der Waals surface area contributed by atoms with Crippen molar-refractivity contribution in [2.75, 3.05) is 39.1 Å². The summed E-state index contributed by atoms with van der Waals surface area (Å²) in [6.45, 7) is 4.57. The number of aliphatic imine (C=N–C) groups is 1. The molecule has 0 saturated heterocycles. The van der Waals surface area contributed by atoms with Crippen molar-refractivity contribution in [3.63, 3.8) is 0 Å². The maximum Gasteiger partial charge on any atom is 0.191 e. The molecule has 1 heterocycles. The van der Waals surface area contributed by atoms with Gasteiger partial charge in [0.2, 0.25) is 0 Å². The number of nitriles is 1. The fourth-order valence-electron chi connectivity index (χ4n) is 2.62. The molecule has 0 bridgehead atoms. The first kappa shape index (κ1) is 24.6. The van der Waals surface area contributed by atoms with Gasteiger partial charge in [-0.15, -0.1) is 24.0 Å². The molecule has 4 N–H and O–H groups in total. The number of nitrogen functional groups attached to an aromatic ring is 1. The lowest BCUT2D eigenvalue weighted by atomic mass is 10.1. The molecule has 29 heavy (non-hydrogen) atoms. The molecule has 0 atom stereocenters. The second kappa shape index (κ2) is 12.9. The van der Waals surface area contributed by atoms with Gasteiger partial charge < -0.3 is 21.1 Å². The summed E-state index contributed by atoms with van der Waals surface area (Å²) in [7, 11) is 1.70. The van der Waals surface area contributed by atoms with E-state index in [1.54, 1.807) is 19.2 Å². The molecule has 2 aromatic rings. The van der Waals surface area contributed by atoms with Crippen molar-refractivity contribution in [3.05, 3.63) is 41.3 Å². The summed E-state index contributed by atoms with van der Waals surface area (Å²) in [5, 5.41) is 20.2. The van der Waals surface area contributed by atoms with E-state index in [1.807, 2.05) is 6.92 Å². The lowest BCUT2D eigenvalue weighted by molar-refractivity contribution is 0.152. The number of nitrogens with zero attached hydrogens (tertiary/aromatic N) is 4. The van der Waals surface area contributed by atoms with Gasteiger partial charge in [-0.05, 0) is 44.0 Å². The Labute approximate surface area is 187 Å². The van der Waals surface area contributed by atoms with Crippen LogP contribution in [0.4, 0.5) is 10.2 Å². The van der Waals surface area contributed by atoms with E-state index >= 15 is 0 Å². The summed E-state index contributed by atoms with van der Waals surface area (Å²) < 4.78 is 19.9. The van der Waals surface area contributed by atoms with E-state index in [0.29, 0.717) is 55.6 Å². The van der Waals surface area contributed by atoms with Crippen LogP contribution in [0.1, 0.15) is 24.6 Å². The Morgan fingerprint density at radius 1 is 1.31 bits per heavy atom. The highest BCUT2D eigenvalue weighted by molar-refractivity contribution is 14.0. The standard InChI is InChI=1S/C19H26FN7O.HI/c1-3-28-12-11-25-19(23-2)24-10-4-5-17-16(13-21)18(22)27(26-17)15-8-6-14(20)7-9-15;/h6-9H,3-5,10-12,22H2,1-2H3,(H2,23,24,25);1H. The van der Waals surface area contributed by atoms with Crippen molar-refractivity contribution < 1.29 is 9.13 Å². The van der Waals surface area contributed by atoms with E-state index in [2.05, 4.69) is 26.8 Å². The molecule has 1 aromatic carbocycles. The minimum Gasteiger partial charge on any atom is -0.382 e. The van der Waals surface area contributed by atoms with Gasteiger partial charge in [0.25, 0.3) is 0 Å². The maximum atomic E-state index is 13.1. The Hall–Kier alpha value is -2.39. The van der Waals surface area contributed by atoms with E-state index in [1.165, 1.54) is 16.8 Å². The molecule has 2 rings (SSSR count). The molecule has 158 valence electrons. The monoisotopic (exact) mass is 515 g/mol. The van der Waals surface area contributed by atoms with Gasteiger partial charge in [0.05, 0.1) is 18.0 Å². The van der Waals surface area contributed by atoms with Crippen molar-refractivity contribution in [1.82, 2.24) is 20.4 Å². The molecule has 0 aliphatic heterocycles. The summed E-state index contributed by atoms with van der Waals surface area (Å²) in [5.41, 5.74) is 7.64. The van der Waals surface area contributed by atoms with Gasteiger partial charge in [-0.1, -0.05) is 0 Å². The van der Waals surface area contributed by atoms with Crippen molar-refractivity contribution in [2.45, 2.75) is 19.8 Å². The molecule has 0 aliphatic rings. The number of halogens is 2. The van der Waals surface area contributed by atoms with E-state index in [0.717, 1.165) is 6.42 Å². The van der Waals surface area contributed by atoms with Crippen LogP contribution in [-0.2, 0) is 11.2 Å². The Bertz CT molecular complexity index is 830. The quantitative estimate of drug-likeness (QED) is 0.204. The van der Waals surface area contributed by atoms with Crippen molar-refractivity contribution in [1.29, 1.82) is 5.26 Å². The summed E-state index contributed by atoms with van der Waals surface area (Å²) in [4.78, 5) is 4.15. The average Bonchev–Trinajstić information content (AvgIpc) is 3.02. The van der Waals surface area contributed by atoms with Crippen LogP contribution in [0.25, 0.3) is 5.69 Å². The largest absolute Gasteiger partial charge is 0.382 e. The average molecular weight is 515 g/mol. The third kappa shape index (κ3) is 7.17. The molecule has 0 spiro atoms. The van der Waals surface area contributed by atoms with Gasteiger partial charge >= 0.3 is 0 Å². The van der Waals surface area contributed by atoms with Crippen LogP contribution >= 0.6 is 24.0 Å². The van der Waals surface area contributed by atoms with Crippen LogP contribution in [-0.4, -0.2) is 49.1 Å². The second-order valence-electron chi connectivity index (χ2n) is 5.93. The Morgan fingerprint density at radius 3 is 2.62 bits per heavy atom. The van der Waals surface area contributed by atoms with E-state index in [4.69, 9.17) is 10.5 Å². The highest BCUT2D eigenvalue weighted by atomic mass is 127. The number of nitrogens with two attached hydrogens (primary N) is 1. The van der Waals surface area contributed by atoms with E-state index < -0.39 is 0 Å². The number of aromatic nitrogens is 2. The Kier molecular flexibility index (Phi) is 11.0. The number of anilines is 1. The fourth-order valence-corrected chi connectivity index (χ4v) is 2.62. The molecule has 0 fully saturated rings. The first-order valence-corrected chi connectivity index (χ1v) is 9.16. The lowest BCUT2D eigenvalue weighted by Crippen LogP contribution is -2.39. The molecule has 10 heteroatoms. The van der Waals surface area contributed by atoms with Gasteiger partial charge in [0, 0.05) is 26.7 Å². The van der Waals surface area contributed by atoms with Crippen LogP contribution in [0.5, 0.6) is 0 Å². The minimum atomic E-state index is -0.343. The van der Waals surface area contributed by atoms with Crippen molar-refractivity contribution in [2.24, 2.45) is 4.99 Å². The van der Waals surface area contributed by atoms with Crippen molar-refractivity contribution >= 4 is 35.8 Å². The zero-order valence-electron chi connectivity index (χ0n) is 16.6. The topological polar surface area (TPSA) is 113 Å². The third-order valence-corrected chi connectivity index (χ3v) is 4.03. The van der Waals surface area contributed by atoms with Crippen molar-refractivity contribution in [3.8, 4) is 11.8 Å². The molecule has 0 amide bonds. The number of hydrogen-bond donors (Lipinski definition) is 3. The molecule has 0 radical (unpaired) electrons. The van der Waals surface area contributed by atoms with Gasteiger partial charge in [0.1, 0.15) is 23.3 Å². The summed E-state index contributed by atoms with van der Waals surface area (Å²) in [6, 6.07) is 7.92. The predicted molar refractivity (Wildman–Crippen MR) is 122 cm³/mol. The number of aryl methyl sites for hydroxylation is 1. The third-order valence-electron chi connectivity index (χ3n) is 4.03. The van der Waals surface area contributed by atoms with E-state index in [9.17, 15) is 9.65 Å². The zero-order chi connectivity index (χ0) is 20.4. The first-order valence-electron chi connectivity index (χ1n) is 9.16. The smallest absolute Gasteiger partial charge is 0.191 e. The van der Waals surface area contributed by atoms with Crippen LogP contribution in [0.2, 0.25) is 0 Å².